The summed E-state index contributed by atoms with van der Waals surface area (Å²) in [4.78, 5) is 1.97. The molecule has 6 heavy (non-hydrogen) atoms. The minimum atomic E-state index is 0.773. The van der Waals surface area contributed by atoms with E-state index >= 15 is 0 Å². The molecule has 0 aromatic carbocycles. The molecule has 0 aromatic rings. The molecule has 0 saturated heterocycles. The Morgan fingerprint density at radius 1 is 1.67 bits per heavy atom. The predicted molar refractivity (Wildman–Crippen MR) is 31.2 cm³/mol. The predicted octanol–water partition coefficient (Wildman–Crippen LogP) is 0.425. The maximum atomic E-state index is 4.44. The zero-order chi connectivity index (χ0) is 4.99. The van der Waals surface area contributed by atoms with Gasteiger partial charge in [-0.25, -0.2) is 0 Å². The molecule has 1 nitrogen and oxygen atoms in total. The Balaban J connectivity index is 2.81. The molecule has 0 amide bonds. The summed E-state index contributed by atoms with van der Waals surface area (Å²) in [5, 5.41) is 2.58. The molecule has 0 aliphatic carbocycles. The molecule has 0 rings (SSSR count). The Bertz CT molecular complexity index is 42.8. The molecule has 0 atom stereocenters. The third-order valence-electron chi connectivity index (χ3n) is 0.381. The molecule has 0 aliphatic heterocycles. The highest BCUT2D eigenvalue weighted by molar-refractivity contribution is 7.79. The van der Waals surface area contributed by atoms with E-state index < -0.39 is 0 Å². The van der Waals surface area contributed by atoms with E-state index in [9.17, 15) is 0 Å². The van der Waals surface area contributed by atoms with Crippen molar-refractivity contribution in [2.75, 3.05) is 20.6 Å². The second kappa shape index (κ2) is 3.25. The summed E-state index contributed by atoms with van der Waals surface area (Å²) in [7, 11) is 3.92. The molecule has 0 fully saturated rings. The van der Waals surface area contributed by atoms with Crippen molar-refractivity contribution < 1.29 is 0 Å². The van der Waals surface area contributed by atoms with Crippen molar-refractivity contribution in [3.05, 3.63) is 0 Å². The first-order valence-corrected chi connectivity index (χ1v) is 2.18. The highest BCUT2D eigenvalue weighted by atomic mass is 32.1. The SMILES string of the molecule is CN(C)C[C]=S. The summed E-state index contributed by atoms with van der Waals surface area (Å²) in [6.45, 7) is 0.773. The van der Waals surface area contributed by atoms with Crippen LogP contribution >= 0.6 is 12.2 Å². The van der Waals surface area contributed by atoms with Gasteiger partial charge in [0, 0.05) is 11.9 Å². The van der Waals surface area contributed by atoms with E-state index in [-0.39, 0.29) is 0 Å². The first kappa shape index (κ1) is 6.05. The molecular weight excluding hydrogens is 94.1 g/mol. The Morgan fingerprint density at radius 2 is 2.17 bits per heavy atom. The standard InChI is InChI=1S/C4H8NS/c1-5(2)3-4-6/h3H2,1-2H3. The van der Waals surface area contributed by atoms with Gasteiger partial charge < -0.3 is 4.90 Å². The van der Waals surface area contributed by atoms with Crippen LogP contribution in [0.3, 0.4) is 0 Å². The van der Waals surface area contributed by atoms with Crippen LogP contribution in [0, 0.1) is 0 Å². The molecule has 0 heterocycles. The summed E-state index contributed by atoms with van der Waals surface area (Å²) in [5.41, 5.74) is 0. The number of nitrogens with zero attached hydrogens (tertiary/aromatic N) is 1. The fourth-order valence-corrected chi connectivity index (χ4v) is 0.387. The Hall–Kier alpha value is 0.0500. The van der Waals surface area contributed by atoms with E-state index in [1.807, 2.05) is 19.0 Å². The van der Waals surface area contributed by atoms with Crippen molar-refractivity contribution in [3.8, 4) is 0 Å². The molecule has 0 unspecified atom stereocenters. The Morgan fingerprint density at radius 3 is 2.17 bits per heavy atom. The molecule has 0 bridgehead atoms. The minimum absolute atomic E-state index is 0.773. The van der Waals surface area contributed by atoms with E-state index in [1.165, 1.54) is 0 Å². The summed E-state index contributed by atoms with van der Waals surface area (Å²) in [6.07, 6.45) is 0. The maximum Gasteiger partial charge on any atom is 0.0444 e. The third kappa shape index (κ3) is 4.05. The molecular formula is C4H8NS. The summed E-state index contributed by atoms with van der Waals surface area (Å²) < 4.78 is 0. The van der Waals surface area contributed by atoms with E-state index in [1.54, 1.807) is 0 Å². The third-order valence-corrected chi connectivity index (χ3v) is 0.510. The summed E-state index contributed by atoms with van der Waals surface area (Å²) in [5.74, 6) is 0. The molecule has 2 heteroatoms. The van der Waals surface area contributed by atoms with Gasteiger partial charge in [-0.05, 0) is 14.1 Å². The van der Waals surface area contributed by atoms with Gasteiger partial charge in [-0.3, -0.25) is 0 Å². The second-order valence-electron chi connectivity index (χ2n) is 1.38. The van der Waals surface area contributed by atoms with Crippen LogP contribution in [0.15, 0.2) is 0 Å². The van der Waals surface area contributed by atoms with Crippen molar-refractivity contribution in [2.45, 2.75) is 0 Å². The smallest absolute Gasteiger partial charge is 0.0444 e. The van der Waals surface area contributed by atoms with Crippen molar-refractivity contribution >= 4 is 17.6 Å². The van der Waals surface area contributed by atoms with Gasteiger partial charge in [0.05, 0.1) is 0 Å². The average Bonchev–Trinajstić information content (AvgIpc) is 1.35. The van der Waals surface area contributed by atoms with E-state index in [0.29, 0.717) is 0 Å². The van der Waals surface area contributed by atoms with Crippen LogP contribution < -0.4 is 0 Å². The van der Waals surface area contributed by atoms with Crippen molar-refractivity contribution in [1.82, 2.24) is 4.90 Å². The van der Waals surface area contributed by atoms with Crippen molar-refractivity contribution in [3.63, 3.8) is 0 Å². The molecule has 0 aromatic heterocycles. The van der Waals surface area contributed by atoms with Crippen LogP contribution in [0.4, 0.5) is 0 Å². The largest absolute Gasteiger partial charge is 0.304 e. The zero-order valence-corrected chi connectivity index (χ0v) is 4.88. The molecule has 1 radical (unpaired) electrons. The van der Waals surface area contributed by atoms with Gasteiger partial charge in [0.1, 0.15) is 0 Å². The fraction of sp³-hybridized carbons (Fsp3) is 0.750. The number of rotatable bonds is 2. The lowest BCUT2D eigenvalue weighted by Gasteiger charge is -1.99. The van der Waals surface area contributed by atoms with Gasteiger partial charge in [0.15, 0.2) is 0 Å². The van der Waals surface area contributed by atoms with E-state index in [4.69, 9.17) is 0 Å². The lowest BCUT2D eigenvalue weighted by Crippen LogP contribution is -2.12. The monoisotopic (exact) mass is 102 g/mol. The lowest BCUT2D eigenvalue weighted by molar-refractivity contribution is 0.475. The van der Waals surface area contributed by atoms with Gasteiger partial charge in [-0.15, -0.1) is 0 Å². The van der Waals surface area contributed by atoms with Crippen LogP contribution in [0.1, 0.15) is 0 Å². The quantitative estimate of drug-likeness (QED) is 0.465. The van der Waals surface area contributed by atoms with Crippen LogP contribution in [0.5, 0.6) is 0 Å². The Labute approximate surface area is 44.0 Å². The van der Waals surface area contributed by atoms with Gasteiger partial charge in [0.25, 0.3) is 0 Å². The van der Waals surface area contributed by atoms with Gasteiger partial charge in [-0.1, -0.05) is 12.2 Å². The number of hydrogen-bond acceptors (Lipinski definition) is 2. The van der Waals surface area contributed by atoms with Crippen LogP contribution in [0.2, 0.25) is 0 Å². The normalized spacial score (nSPS) is 9.17. The van der Waals surface area contributed by atoms with Gasteiger partial charge in [0.2, 0.25) is 0 Å². The average molecular weight is 102 g/mol. The molecule has 0 saturated carbocycles. The summed E-state index contributed by atoms with van der Waals surface area (Å²) in [6, 6.07) is 0. The lowest BCUT2D eigenvalue weighted by atomic mass is 10.7. The van der Waals surface area contributed by atoms with Crippen LogP contribution in [0.25, 0.3) is 0 Å². The number of hydrogen-bond donors (Lipinski definition) is 0. The highest BCUT2D eigenvalue weighted by Gasteiger charge is 1.77. The Kier molecular flexibility index (Phi) is 3.28. The first-order valence-electron chi connectivity index (χ1n) is 1.77. The topological polar surface area (TPSA) is 3.24 Å². The summed E-state index contributed by atoms with van der Waals surface area (Å²) >= 11 is 4.44. The zero-order valence-electron chi connectivity index (χ0n) is 4.06. The fourth-order valence-electron chi connectivity index (χ4n) is 0.129. The van der Waals surface area contributed by atoms with Crippen LogP contribution in [-0.4, -0.2) is 30.9 Å². The van der Waals surface area contributed by atoms with Crippen molar-refractivity contribution in [2.24, 2.45) is 0 Å². The van der Waals surface area contributed by atoms with Crippen LogP contribution in [-0.2, 0) is 0 Å². The maximum absolute atomic E-state index is 4.44. The van der Waals surface area contributed by atoms with E-state index in [2.05, 4.69) is 17.6 Å². The minimum Gasteiger partial charge on any atom is -0.304 e. The molecule has 0 aliphatic rings. The van der Waals surface area contributed by atoms with Crippen molar-refractivity contribution in [1.29, 1.82) is 0 Å². The molecule has 0 N–H and O–H groups in total. The highest BCUT2D eigenvalue weighted by Crippen LogP contribution is 1.64. The second-order valence-corrected chi connectivity index (χ2v) is 1.67. The number of thiocarbonyl (C=S) groups is 1. The first-order chi connectivity index (χ1) is 2.77. The molecule has 0 spiro atoms. The van der Waals surface area contributed by atoms with Gasteiger partial charge >= 0.3 is 0 Å². The van der Waals surface area contributed by atoms with Gasteiger partial charge in [-0.2, -0.15) is 0 Å². The molecule has 35 valence electrons. The van der Waals surface area contributed by atoms with E-state index in [0.717, 1.165) is 6.54 Å².